The summed E-state index contributed by atoms with van der Waals surface area (Å²) in [6.07, 6.45) is 6.37. The van der Waals surface area contributed by atoms with Crippen LogP contribution in [0.4, 0.5) is 0 Å². The fourth-order valence-corrected chi connectivity index (χ4v) is 2.53. The number of aromatic nitrogens is 1. The molecule has 1 saturated carbocycles. The Morgan fingerprint density at radius 3 is 2.89 bits per heavy atom. The fourth-order valence-electron chi connectivity index (χ4n) is 2.53. The van der Waals surface area contributed by atoms with Gasteiger partial charge in [-0.15, -0.1) is 0 Å². The number of nitrogens with one attached hydrogen (secondary N) is 1. The summed E-state index contributed by atoms with van der Waals surface area (Å²) in [5, 5.41) is 2.93. The van der Waals surface area contributed by atoms with Crippen LogP contribution in [0.5, 0.6) is 0 Å². The highest BCUT2D eigenvalue weighted by Crippen LogP contribution is 2.27. The molecular weight excluding hydrogens is 226 g/mol. The molecule has 0 radical (unpaired) electrons. The molecule has 1 fully saturated rings. The van der Waals surface area contributed by atoms with E-state index in [4.69, 9.17) is 5.73 Å². The minimum absolute atomic E-state index is 0.0345. The lowest BCUT2D eigenvalue weighted by Crippen LogP contribution is -2.51. The van der Waals surface area contributed by atoms with E-state index in [2.05, 4.69) is 17.2 Å². The standard InChI is InChI=1S/C14H21N3O/c1-2-11-6-5-9-16-12(11)10-17-13(18)14(15)7-3-4-8-14/h5-6,9H,2-4,7-8,10,15H2,1H3,(H,17,18). The third kappa shape index (κ3) is 2.70. The van der Waals surface area contributed by atoms with E-state index in [1.165, 1.54) is 5.56 Å². The van der Waals surface area contributed by atoms with Gasteiger partial charge in [-0.3, -0.25) is 9.78 Å². The topological polar surface area (TPSA) is 68.0 Å². The minimum atomic E-state index is -0.652. The summed E-state index contributed by atoms with van der Waals surface area (Å²) in [5.74, 6) is -0.0345. The van der Waals surface area contributed by atoms with Crippen molar-refractivity contribution >= 4 is 5.91 Å². The molecule has 0 atom stereocenters. The first-order chi connectivity index (χ1) is 8.65. The maximum atomic E-state index is 12.1. The summed E-state index contributed by atoms with van der Waals surface area (Å²) < 4.78 is 0. The number of nitrogens with zero attached hydrogens (tertiary/aromatic N) is 1. The Hall–Kier alpha value is -1.42. The van der Waals surface area contributed by atoms with Crippen molar-refractivity contribution < 1.29 is 4.79 Å². The number of hydrogen-bond donors (Lipinski definition) is 2. The fraction of sp³-hybridized carbons (Fsp3) is 0.571. The lowest BCUT2D eigenvalue weighted by molar-refractivity contribution is -0.126. The number of carbonyl (C=O) groups is 1. The quantitative estimate of drug-likeness (QED) is 0.848. The number of nitrogens with two attached hydrogens (primary N) is 1. The van der Waals surface area contributed by atoms with Crippen molar-refractivity contribution in [2.75, 3.05) is 0 Å². The van der Waals surface area contributed by atoms with Gasteiger partial charge < -0.3 is 11.1 Å². The van der Waals surface area contributed by atoms with Crippen LogP contribution in [0.15, 0.2) is 18.3 Å². The molecule has 18 heavy (non-hydrogen) atoms. The zero-order chi connectivity index (χ0) is 13.0. The molecule has 3 N–H and O–H groups in total. The highest BCUT2D eigenvalue weighted by atomic mass is 16.2. The van der Waals surface area contributed by atoms with E-state index < -0.39 is 5.54 Å². The van der Waals surface area contributed by atoms with Crippen LogP contribution in [0.3, 0.4) is 0 Å². The molecule has 0 unspecified atom stereocenters. The van der Waals surface area contributed by atoms with Crippen molar-refractivity contribution in [1.29, 1.82) is 0 Å². The molecule has 2 rings (SSSR count). The molecule has 1 aromatic rings. The molecule has 1 heterocycles. The van der Waals surface area contributed by atoms with Crippen molar-refractivity contribution in [2.45, 2.75) is 51.1 Å². The number of rotatable bonds is 4. The van der Waals surface area contributed by atoms with Gasteiger partial charge in [0.1, 0.15) is 0 Å². The summed E-state index contributed by atoms with van der Waals surface area (Å²) in [6, 6.07) is 3.97. The van der Waals surface area contributed by atoms with E-state index in [9.17, 15) is 4.79 Å². The number of amides is 1. The van der Waals surface area contributed by atoms with Crippen LogP contribution in [0.1, 0.15) is 43.9 Å². The highest BCUT2D eigenvalue weighted by Gasteiger charge is 2.36. The van der Waals surface area contributed by atoms with Gasteiger partial charge in [-0.05, 0) is 30.9 Å². The van der Waals surface area contributed by atoms with Crippen LogP contribution in [-0.4, -0.2) is 16.4 Å². The van der Waals surface area contributed by atoms with Gasteiger partial charge in [-0.25, -0.2) is 0 Å². The van der Waals surface area contributed by atoms with E-state index in [1.807, 2.05) is 12.1 Å². The van der Waals surface area contributed by atoms with E-state index in [0.717, 1.165) is 37.8 Å². The Morgan fingerprint density at radius 2 is 2.22 bits per heavy atom. The third-order valence-corrected chi connectivity index (χ3v) is 3.73. The van der Waals surface area contributed by atoms with Crippen LogP contribution in [0.25, 0.3) is 0 Å². The van der Waals surface area contributed by atoms with Gasteiger partial charge in [0.25, 0.3) is 0 Å². The number of carbonyl (C=O) groups excluding carboxylic acids is 1. The summed E-state index contributed by atoms with van der Waals surface area (Å²) in [6.45, 7) is 2.56. The summed E-state index contributed by atoms with van der Waals surface area (Å²) >= 11 is 0. The van der Waals surface area contributed by atoms with Crippen molar-refractivity contribution in [3.63, 3.8) is 0 Å². The maximum Gasteiger partial charge on any atom is 0.240 e. The van der Waals surface area contributed by atoms with Crippen LogP contribution < -0.4 is 11.1 Å². The highest BCUT2D eigenvalue weighted by molar-refractivity contribution is 5.86. The first-order valence-electron chi connectivity index (χ1n) is 6.65. The molecule has 1 amide bonds. The Kier molecular flexibility index (Phi) is 3.97. The lowest BCUT2D eigenvalue weighted by atomic mass is 9.98. The van der Waals surface area contributed by atoms with Crippen molar-refractivity contribution in [3.8, 4) is 0 Å². The van der Waals surface area contributed by atoms with Gasteiger partial charge in [-0.2, -0.15) is 0 Å². The van der Waals surface area contributed by atoms with E-state index in [-0.39, 0.29) is 5.91 Å². The van der Waals surface area contributed by atoms with Gasteiger partial charge >= 0.3 is 0 Å². The molecule has 0 bridgehead atoms. The Bertz CT molecular complexity index is 425. The first kappa shape index (κ1) is 13.0. The molecule has 98 valence electrons. The first-order valence-corrected chi connectivity index (χ1v) is 6.65. The second kappa shape index (κ2) is 5.48. The molecule has 0 spiro atoms. The predicted molar refractivity (Wildman–Crippen MR) is 70.8 cm³/mol. The Balaban J connectivity index is 1.97. The molecule has 1 aliphatic rings. The van der Waals surface area contributed by atoms with Crippen molar-refractivity contribution in [1.82, 2.24) is 10.3 Å². The van der Waals surface area contributed by atoms with Gasteiger partial charge in [0.05, 0.1) is 17.8 Å². The van der Waals surface area contributed by atoms with E-state index in [0.29, 0.717) is 6.54 Å². The minimum Gasteiger partial charge on any atom is -0.349 e. The number of pyridine rings is 1. The lowest BCUT2D eigenvalue weighted by Gasteiger charge is -2.22. The average Bonchev–Trinajstić information content (AvgIpc) is 2.84. The average molecular weight is 247 g/mol. The second-order valence-electron chi connectivity index (χ2n) is 5.01. The molecule has 4 heteroatoms. The van der Waals surface area contributed by atoms with Crippen molar-refractivity contribution in [3.05, 3.63) is 29.6 Å². The Morgan fingerprint density at radius 1 is 1.50 bits per heavy atom. The molecule has 1 aliphatic carbocycles. The van der Waals surface area contributed by atoms with Gasteiger partial charge in [0, 0.05) is 6.20 Å². The van der Waals surface area contributed by atoms with E-state index >= 15 is 0 Å². The summed E-state index contributed by atoms with van der Waals surface area (Å²) in [5.41, 5.74) is 7.57. The predicted octanol–water partition coefficient (Wildman–Crippen LogP) is 1.53. The van der Waals surface area contributed by atoms with Crippen LogP contribution in [0, 0.1) is 0 Å². The summed E-state index contributed by atoms with van der Waals surface area (Å²) in [4.78, 5) is 16.4. The van der Waals surface area contributed by atoms with Gasteiger partial charge in [0.15, 0.2) is 0 Å². The van der Waals surface area contributed by atoms with Crippen LogP contribution >= 0.6 is 0 Å². The second-order valence-corrected chi connectivity index (χ2v) is 5.01. The largest absolute Gasteiger partial charge is 0.349 e. The molecule has 1 aromatic heterocycles. The molecule has 0 aliphatic heterocycles. The zero-order valence-electron chi connectivity index (χ0n) is 10.9. The van der Waals surface area contributed by atoms with E-state index in [1.54, 1.807) is 6.20 Å². The molecular formula is C14H21N3O. The van der Waals surface area contributed by atoms with Gasteiger partial charge in [0.2, 0.25) is 5.91 Å². The van der Waals surface area contributed by atoms with Crippen LogP contribution in [0.2, 0.25) is 0 Å². The normalized spacial score (nSPS) is 17.7. The number of hydrogen-bond acceptors (Lipinski definition) is 3. The SMILES string of the molecule is CCc1cccnc1CNC(=O)C1(N)CCCC1. The molecule has 4 nitrogen and oxygen atoms in total. The van der Waals surface area contributed by atoms with Crippen LogP contribution in [-0.2, 0) is 17.8 Å². The number of aryl methyl sites for hydroxylation is 1. The van der Waals surface area contributed by atoms with Crippen molar-refractivity contribution in [2.24, 2.45) is 5.73 Å². The Labute approximate surface area is 108 Å². The molecule has 0 aromatic carbocycles. The smallest absolute Gasteiger partial charge is 0.240 e. The maximum absolute atomic E-state index is 12.1. The molecule has 0 saturated heterocycles. The zero-order valence-corrected chi connectivity index (χ0v) is 10.9. The van der Waals surface area contributed by atoms with Gasteiger partial charge in [-0.1, -0.05) is 25.8 Å². The summed E-state index contributed by atoms with van der Waals surface area (Å²) in [7, 11) is 0. The monoisotopic (exact) mass is 247 g/mol. The third-order valence-electron chi connectivity index (χ3n) is 3.73.